The number of anilines is 1. The Balaban J connectivity index is 1.72. The lowest BCUT2D eigenvalue weighted by Gasteiger charge is -2.41. The van der Waals surface area contributed by atoms with E-state index in [1.807, 2.05) is 40.7 Å². The standard InChI is InChI=1S/C24H33ClN4O5S/c1-14-9-17-19-20(18(14)25)35-12-16(11-33-13-32-6)29(19)22(30)26-21(17)28-8-7-27(10-15(28)2)23(31)34-24(3,4)5/h9,15-16H,7-8,10-13H2,1-6H3/t15-,16-/m0/s1. The maximum absolute atomic E-state index is 13.4. The molecule has 3 heterocycles. The first-order valence-corrected chi connectivity index (χ1v) is 13.1. The molecular weight excluding hydrogens is 492 g/mol. The van der Waals surface area contributed by atoms with E-state index in [0.29, 0.717) is 42.8 Å². The van der Waals surface area contributed by atoms with Gasteiger partial charge in [0.1, 0.15) is 18.2 Å². The van der Waals surface area contributed by atoms with Crippen LogP contribution in [0, 0.1) is 6.92 Å². The van der Waals surface area contributed by atoms with Crippen LogP contribution in [-0.2, 0) is 14.2 Å². The number of carbonyl (C=O) groups excluding carboxylic acids is 1. The van der Waals surface area contributed by atoms with Crippen molar-refractivity contribution < 1.29 is 19.0 Å². The van der Waals surface area contributed by atoms with Gasteiger partial charge < -0.3 is 24.0 Å². The molecule has 1 aromatic heterocycles. The van der Waals surface area contributed by atoms with Gasteiger partial charge in [-0.1, -0.05) is 11.6 Å². The summed E-state index contributed by atoms with van der Waals surface area (Å²) >= 11 is 8.33. The van der Waals surface area contributed by atoms with E-state index in [-0.39, 0.29) is 30.7 Å². The summed E-state index contributed by atoms with van der Waals surface area (Å²) in [5.41, 5.74) is 0.840. The molecule has 2 atom stereocenters. The molecule has 2 aromatic rings. The lowest BCUT2D eigenvalue weighted by molar-refractivity contribution is -0.0395. The molecule has 1 fully saturated rings. The van der Waals surface area contributed by atoms with Gasteiger partial charge in [-0.05, 0) is 46.2 Å². The van der Waals surface area contributed by atoms with Gasteiger partial charge in [0.15, 0.2) is 0 Å². The lowest BCUT2D eigenvalue weighted by atomic mass is 10.1. The molecule has 0 unspecified atom stereocenters. The number of thioether (sulfide) groups is 1. The van der Waals surface area contributed by atoms with E-state index in [4.69, 9.17) is 25.8 Å². The van der Waals surface area contributed by atoms with Gasteiger partial charge in [-0.3, -0.25) is 4.57 Å². The largest absolute Gasteiger partial charge is 0.444 e. The van der Waals surface area contributed by atoms with E-state index in [1.165, 1.54) is 0 Å². The zero-order valence-electron chi connectivity index (χ0n) is 21.1. The first-order valence-electron chi connectivity index (χ1n) is 11.7. The Hall–Kier alpha value is -2.01. The Bertz CT molecular complexity index is 1180. The second-order valence-corrected chi connectivity index (χ2v) is 11.4. The average Bonchev–Trinajstić information content (AvgIpc) is 2.78. The Kier molecular flexibility index (Phi) is 7.57. The normalized spacial score (nSPS) is 20.4. The summed E-state index contributed by atoms with van der Waals surface area (Å²) in [6.45, 7) is 11.6. The first kappa shape index (κ1) is 26.1. The summed E-state index contributed by atoms with van der Waals surface area (Å²) in [5, 5.41) is 1.54. The number of ether oxygens (including phenoxy) is 3. The van der Waals surface area contributed by atoms with Crippen molar-refractivity contribution >= 4 is 46.2 Å². The molecule has 0 radical (unpaired) electrons. The number of amides is 1. The van der Waals surface area contributed by atoms with Crippen LogP contribution in [0.2, 0.25) is 5.02 Å². The summed E-state index contributed by atoms with van der Waals surface area (Å²) in [5.74, 6) is 1.28. The highest BCUT2D eigenvalue weighted by Crippen LogP contribution is 2.44. The van der Waals surface area contributed by atoms with Crippen LogP contribution in [0.4, 0.5) is 10.6 Å². The smallest absolute Gasteiger partial charge is 0.410 e. The maximum Gasteiger partial charge on any atom is 0.410 e. The fourth-order valence-electron chi connectivity index (χ4n) is 4.56. The van der Waals surface area contributed by atoms with Crippen LogP contribution in [0.25, 0.3) is 10.9 Å². The third-order valence-electron chi connectivity index (χ3n) is 6.11. The summed E-state index contributed by atoms with van der Waals surface area (Å²) in [7, 11) is 1.57. The van der Waals surface area contributed by atoms with Crippen LogP contribution in [-0.4, -0.2) is 78.1 Å². The number of nitrogens with zero attached hydrogens (tertiary/aromatic N) is 4. The zero-order chi connectivity index (χ0) is 25.5. The second kappa shape index (κ2) is 10.2. The predicted octanol–water partition coefficient (Wildman–Crippen LogP) is 4.07. The third kappa shape index (κ3) is 5.26. The number of benzene rings is 1. The molecule has 1 saturated heterocycles. The van der Waals surface area contributed by atoms with Crippen LogP contribution in [0.3, 0.4) is 0 Å². The molecule has 0 bridgehead atoms. The molecule has 0 spiro atoms. The Morgan fingerprint density at radius 1 is 1.31 bits per heavy atom. The summed E-state index contributed by atoms with van der Waals surface area (Å²) in [6.07, 6.45) is -0.327. The maximum atomic E-state index is 13.4. The van der Waals surface area contributed by atoms with Gasteiger partial charge >= 0.3 is 11.8 Å². The fourth-order valence-corrected chi connectivity index (χ4v) is 6.11. The number of aryl methyl sites for hydroxylation is 1. The molecular formula is C24H33ClN4O5S. The fraction of sp³-hybridized carbons (Fsp3) is 0.625. The number of rotatable bonds is 5. The van der Waals surface area contributed by atoms with Crippen LogP contribution in [0.5, 0.6) is 0 Å². The minimum Gasteiger partial charge on any atom is -0.444 e. The van der Waals surface area contributed by atoms with Gasteiger partial charge in [-0.25, -0.2) is 9.59 Å². The van der Waals surface area contributed by atoms with Gasteiger partial charge in [0.2, 0.25) is 0 Å². The Labute approximate surface area is 214 Å². The first-order chi connectivity index (χ1) is 16.5. The molecule has 2 aliphatic rings. The topological polar surface area (TPSA) is 86.1 Å². The number of piperazine rings is 1. The minimum atomic E-state index is -0.554. The molecule has 35 heavy (non-hydrogen) atoms. The van der Waals surface area contributed by atoms with Gasteiger partial charge in [-0.15, -0.1) is 11.8 Å². The highest BCUT2D eigenvalue weighted by atomic mass is 35.5. The van der Waals surface area contributed by atoms with E-state index in [9.17, 15) is 9.59 Å². The van der Waals surface area contributed by atoms with Crippen molar-refractivity contribution in [2.24, 2.45) is 0 Å². The highest BCUT2D eigenvalue weighted by molar-refractivity contribution is 7.99. The average molecular weight is 525 g/mol. The van der Waals surface area contributed by atoms with Crippen molar-refractivity contribution in [2.75, 3.05) is 50.8 Å². The molecule has 0 N–H and O–H groups in total. The third-order valence-corrected chi connectivity index (χ3v) is 7.95. The number of methoxy groups -OCH3 is 1. The van der Waals surface area contributed by atoms with Crippen LogP contribution in [0.15, 0.2) is 15.8 Å². The summed E-state index contributed by atoms with van der Waals surface area (Å²) in [6, 6.07) is 1.77. The van der Waals surface area contributed by atoms with Crippen molar-refractivity contribution in [3.8, 4) is 0 Å². The SMILES string of the molecule is COCOC[C@H]1CSc2c(Cl)c(C)cc3c(N4CCN(C(=O)OC(C)(C)C)C[C@@H]4C)nc(=O)n1c23. The summed E-state index contributed by atoms with van der Waals surface area (Å²) < 4.78 is 17.9. The lowest BCUT2D eigenvalue weighted by Crippen LogP contribution is -2.55. The molecule has 0 aliphatic carbocycles. The second-order valence-electron chi connectivity index (χ2n) is 10.0. The van der Waals surface area contributed by atoms with Gasteiger partial charge in [0.05, 0.1) is 28.1 Å². The Morgan fingerprint density at radius 3 is 2.71 bits per heavy atom. The highest BCUT2D eigenvalue weighted by Gasteiger charge is 2.34. The van der Waals surface area contributed by atoms with Crippen molar-refractivity contribution in [3.05, 3.63) is 27.1 Å². The van der Waals surface area contributed by atoms with Gasteiger partial charge in [-0.2, -0.15) is 4.98 Å². The van der Waals surface area contributed by atoms with Gasteiger partial charge in [0, 0.05) is 43.9 Å². The van der Waals surface area contributed by atoms with Gasteiger partial charge in [0.25, 0.3) is 0 Å². The molecule has 4 rings (SSSR count). The summed E-state index contributed by atoms with van der Waals surface area (Å²) in [4.78, 5) is 35.3. The van der Waals surface area contributed by atoms with E-state index in [0.717, 1.165) is 21.4 Å². The van der Waals surface area contributed by atoms with Crippen molar-refractivity contribution in [3.63, 3.8) is 0 Å². The number of hydrogen-bond acceptors (Lipinski definition) is 8. The van der Waals surface area contributed by atoms with E-state index < -0.39 is 5.60 Å². The monoisotopic (exact) mass is 524 g/mol. The number of hydrogen-bond donors (Lipinski definition) is 0. The molecule has 1 aromatic carbocycles. The molecule has 0 saturated carbocycles. The number of carbonyl (C=O) groups is 1. The zero-order valence-corrected chi connectivity index (χ0v) is 22.7. The molecule has 11 heteroatoms. The van der Waals surface area contributed by atoms with E-state index >= 15 is 0 Å². The predicted molar refractivity (Wildman–Crippen MR) is 138 cm³/mol. The molecule has 1 amide bonds. The molecule has 2 aliphatic heterocycles. The van der Waals surface area contributed by atoms with Crippen LogP contribution >= 0.6 is 23.4 Å². The van der Waals surface area contributed by atoms with E-state index in [2.05, 4.69) is 9.88 Å². The quantitative estimate of drug-likeness (QED) is 0.427. The van der Waals surface area contributed by atoms with Crippen molar-refractivity contribution in [1.29, 1.82) is 0 Å². The number of aromatic nitrogens is 2. The molecule has 192 valence electrons. The van der Waals surface area contributed by atoms with Crippen molar-refractivity contribution in [2.45, 2.75) is 57.2 Å². The van der Waals surface area contributed by atoms with Crippen LogP contribution < -0.4 is 10.6 Å². The molecule has 9 nitrogen and oxygen atoms in total. The minimum absolute atomic E-state index is 0.0573. The van der Waals surface area contributed by atoms with Crippen molar-refractivity contribution in [1.82, 2.24) is 14.5 Å². The Morgan fingerprint density at radius 2 is 2.06 bits per heavy atom. The van der Waals surface area contributed by atoms with E-state index in [1.54, 1.807) is 28.3 Å². The van der Waals surface area contributed by atoms with Crippen LogP contribution in [0.1, 0.15) is 39.3 Å². The number of halogens is 1.